The number of nitro benzene ring substituents is 1. The first kappa shape index (κ1) is 19.1. The first-order valence-electron chi connectivity index (χ1n) is 8.32. The largest absolute Gasteiger partial charge is 0.376 e. The average Bonchev–Trinajstić information content (AvgIpc) is 3.16. The number of anilines is 1. The van der Waals surface area contributed by atoms with Crippen LogP contribution in [0, 0.1) is 15.9 Å². The highest BCUT2D eigenvalue weighted by Gasteiger charge is 2.29. The number of hydrogen-bond acceptors (Lipinski definition) is 4. The minimum Gasteiger partial charge on any atom is -0.376 e. The smallest absolute Gasteiger partial charge is 0.319 e. The van der Waals surface area contributed by atoms with Crippen molar-refractivity contribution in [2.45, 2.75) is 25.0 Å². The third-order valence-corrected chi connectivity index (χ3v) is 4.58. The maximum atomic E-state index is 13.2. The molecule has 2 aromatic rings. The number of halogens is 2. The molecule has 9 heteroatoms. The van der Waals surface area contributed by atoms with Gasteiger partial charge < -0.3 is 15.4 Å². The molecule has 0 bridgehead atoms. The van der Waals surface area contributed by atoms with Gasteiger partial charge in [0.05, 0.1) is 27.8 Å². The van der Waals surface area contributed by atoms with E-state index in [1.54, 1.807) is 12.1 Å². The molecule has 142 valence electrons. The highest BCUT2D eigenvalue weighted by atomic mass is 35.5. The van der Waals surface area contributed by atoms with Gasteiger partial charge in [-0.1, -0.05) is 23.7 Å². The number of carbonyl (C=O) groups is 1. The van der Waals surface area contributed by atoms with E-state index >= 15 is 0 Å². The van der Waals surface area contributed by atoms with Crippen molar-refractivity contribution in [3.05, 3.63) is 69.0 Å². The van der Waals surface area contributed by atoms with Crippen LogP contribution in [0.5, 0.6) is 0 Å². The molecule has 27 heavy (non-hydrogen) atoms. The first-order chi connectivity index (χ1) is 12.9. The van der Waals surface area contributed by atoms with Gasteiger partial charge in [0.2, 0.25) is 0 Å². The topological polar surface area (TPSA) is 93.5 Å². The Labute approximate surface area is 159 Å². The number of urea groups is 1. The average molecular weight is 394 g/mol. The van der Waals surface area contributed by atoms with E-state index in [0.29, 0.717) is 12.2 Å². The summed E-state index contributed by atoms with van der Waals surface area (Å²) in [6.07, 6.45) is 1.41. The van der Waals surface area contributed by atoms with Crippen molar-refractivity contribution in [2.75, 3.05) is 11.9 Å². The van der Waals surface area contributed by atoms with Crippen LogP contribution in [-0.2, 0) is 4.74 Å². The van der Waals surface area contributed by atoms with E-state index < -0.39 is 17.0 Å². The standard InChI is InChI=1S/C18H17ClFN3O4/c19-14-10-13(23(25)26)7-8-15(14)21-18(24)22-17(16-2-1-9-27-16)11-3-5-12(20)6-4-11/h3-8,10,16-17H,1-2,9H2,(H2,21,22,24). The van der Waals surface area contributed by atoms with E-state index in [9.17, 15) is 19.3 Å². The van der Waals surface area contributed by atoms with Crippen LogP contribution < -0.4 is 10.6 Å². The summed E-state index contributed by atoms with van der Waals surface area (Å²) in [6, 6.07) is 8.60. The van der Waals surface area contributed by atoms with Crippen molar-refractivity contribution in [2.24, 2.45) is 0 Å². The van der Waals surface area contributed by atoms with Gasteiger partial charge in [-0.05, 0) is 36.6 Å². The van der Waals surface area contributed by atoms with Gasteiger partial charge in [-0.2, -0.15) is 0 Å². The highest BCUT2D eigenvalue weighted by Crippen LogP contribution is 2.29. The molecule has 2 unspecified atom stereocenters. The van der Waals surface area contributed by atoms with Crippen LogP contribution in [0.3, 0.4) is 0 Å². The lowest BCUT2D eigenvalue weighted by molar-refractivity contribution is -0.384. The van der Waals surface area contributed by atoms with E-state index in [4.69, 9.17) is 16.3 Å². The lowest BCUT2D eigenvalue weighted by atomic mass is 9.99. The fraction of sp³-hybridized carbons (Fsp3) is 0.278. The van der Waals surface area contributed by atoms with Crippen LogP contribution in [0.4, 0.5) is 20.6 Å². The van der Waals surface area contributed by atoms with E-state index in [1.165, 1.54) is 24.3 Å². The van der Waals surface area contributed by atoms with E-state index in [2.05, 4.69) is 10.6 Å². The summed E-state index contributed by atoms with van der Waals surface area (Å²) in [4.78, 5) is 22.6. The predicted octanol–water partition coefficient (Wildman–Crippen LogP) is 4.43. The molecule has 0 radical (unpaired) electrons. The summed E-state index contributed by atoms with van der Waals surface area (Å²) in [6.45, 7) is 0.597. The molecule has 0 spiro atoms. The van der Waals surface area contributed by atoms with Crippen LogP contribution >= 0.6 is 11.6 Å². The molecular weight excluding hydrogens is 377 g/mol. The fourth-order valence-electron chi connectivity index (χ4n) is 2.95. The second-order valence-electron chi connectivity index (χ2n) is 6.10. The zero-order valence-corrected chi connectivity index (χ0v) is 14.9. The number of amides is 2. The third kappa shape index (κ3) is 4.72. The summed E-state index contributed by atoms with van der Waals surface area (Å²) < 4.78 is 18.9. The summed E-state index contributed by atoms with van der Waals surface area (Å²) in [5.41, 5.74) is 0.785. The molecule has 2 atom stereocenters. The number of hydrogen-bond donors (Lipinski definition) is 2. The highest BCUT2D eigenvalue weighted by molar-refractivity contribution is 6.33. The Bertz CT molecular complexity index is 841. The van der Waals surface area contributed by atoms with Crippen molar-refractivity contribution in [1.29, 1.82) is 0 Å². The van der Waals surface area contributed by atoms with Gasteiger partial charge in [-0.25, -0.2) is 9.18 Å². The molecule has 1 saturated heterocycles. The second kappa shape index (κ2) is 8.32. The molecular formula is C18H17ClFN3O4. The zero-order valence-electron chi connectivity index (χ0n) is 14.2. The normalized spacial score (nSPS) is 17.3. The number of nitrogens with zero attached hydrogens (tertiary/aromatic N) is 1. The second-order valence-corrected chi connectivity index (χ2v) is 6.51. The van der Waals surface area contributed by atoms with Gasteiger partial charge in [-0.3, -0.25) is 10.1 Å². The fourth-order valence-corrected chi connectivity index (χ4v) is 3.17. The molecule has 1 heterocycles. The molecule has 3 rings (SSSR count). The van der Waals surface area contributed by atoms with Crippen molar-refractivity contribution >= 4 is 29.0 Å². The van der Waals surface area contributed by atoms with Gasteiger partial charge in [0.25, 0.3) is 5.69 Å². The van der Waals surface area contributed by atoms with Crippen LogP contribution in [0.1, 0.15) is 24.4 Å². The molecule has 7 nitrogen and oxygen atoms in total. The van der Waals surface area contributed by atoms with Gasteiger partial charge >= 0.3 is 6.03 Å². The minimum atomic E-state index is -0.572. The number of non-ortho nitro benzene ring substituents is 1. The number of rotatable bonds is 5. The summed E-state index contributed by atoms with van der Waals surface area (Å²) in [5, 5.41) is 16.2. The van der Waals surface area contributed by atoms with Crippen molar-refractivity contribution < 1.29 is 18.8 Å². The monoisotopic (exact) mass is 393 g/mol. The molecule has 0 aromatic heterocycles. The Morgan fingerprint density at radius 1 is 1.30 bits per heavy atom. The number of benzene rings is 2. The quantitative estimate of drug-likeness (QED) is 0.580. The maximum Gasteiger partial charge on any atom is 0.319 e. The maximum absolute atomic E-state index is 13.2. The molecule has 1 aliphatic heterocycles. The number of nitrogens with one attached hydrogen (secondary N) is 2. The molecule has 1 aliphatic rings. The van der Waals surface area contributed by atoms with Crippen LogP contribution in [0.25, 0.3) is 0 Å². The Hall–Kier alpha value is -2.71. The number of nitro groups is 1. The zero-order chi connectivity index (χ0) is 19.4. The van der Waals surface area contributed by atoms with Crippen molar-refractivity contribution in [1.82, 2.24) is 5.32 Å². The molecule has 0 saturated carbocycles. The molecule has 1 fully saturated rings. The van der Waals surface area contributed by atoms with Crippen molar-refractivity contribution in [3.63, 3.8) is 0 Å². The van der Waals surface area contributed by atoms with Gasteiger partial charge in [0.1, 0.15) is 5.82 Å². The van der Waals surface area contributed by atoms with E-state index in [0.717, 1.165) is 18.9 Å². The van der Waals surface area contributed by atoms with E-state index in [-0.39, 0.29) is 28.3 Å². The lowest BCUT2D eigenvalue weighted by Gasteiger charge is -2.25. The number of ether oxygens (including phenoxy) is 1. The molecule has 2 aromatic carbocycles. The number of carbonyl (C=O) groups excluding carboxylic acids is 1. The minimum absolute atomic E-state index is 0.0507. The molecule has 2 N–H and O–H groups in total. The Morgan fingerprint density at radius 3 is 2.63 bits per heavy atom. The van der Waals surface area contributed by atoms with Crippen LogP contribution in [-0.4, -0.2) is 23.7 Å². The van der Waals surface area contributed by atoms with Crippen LogP contribution in [0.2, 0.25) is 5.02 Å². The van der Waals surface area contributed by atoms with Gasteiger partial charge in [0.15, 0.2) is 0 Å². The molecule has 0 aliphatic carbocycles. The SMILES string of the molecule is O=C(Nc1ccc([N+](=O)[O-])cc1Cl)NC(c1ccc(F)cc1)C1CCCO1. The predicted molar refractivity (Wildman–Crippen MR) is 98.4 cm³/mol. The molecule has 2 amide bonds. The Kier molecular flexibility index (Phi) is 5.88. The van der Waals surface area contributed by atoms with Crippen molar-refractivity contribution in [3.8, 4) is 0 Å². The van der Waals surface area contributed by atoms with E-state index in [1.807, 2.05) is 0 Å². The summed E-state index contributed by atoms with van der Waals surface area (Å²) >= 11 is 6.00. The summed E-state index contributed by atoms with van der Waals surface area (Å²) in [7, 11) is 0. The third-order valence-electron chi connectivity index (χ3n) is 4.26. The lowest BCUT2D eigenvalue weighted by Crippen LogP contribution is -2.38. The van der Waals surface area contributed by atoms with Gasteiger partial charge in [-0.15, -0.1) is 0 Å². The first-order valence-corrected chi connectivity index (χ1v) is 8.70. The van der Waals surface area contributed by atoms with Gasteiger partial charge in [0, 0.05) is 18.7 Å². The Balaban J connectivity index is 1.74. The van der Waals surface area contributed by atoms with Crippen LogP contribution in [0.15, 0.2) is 42.5 Å². The Morgan fingerprint density at radius 2 is 2.04 bits per heavy atom. The summed E-state index contributed by atoms with van der Waals surface area (Å²) in [5.74, 6) is -0.369.